The zero-order chi connectivity index (χ0) is 15.2. The second-order valence-corrected chi connectivity index (χ2v) is 10.0. The number of rotatable bonds is 6. The fraction of sp³-hybridized carbons (Fsp3) is 0.467. The van der Waals surface area contributed by atoms with E-state index in [4.69, 9.17) is 9.16 Å². The van der Waals surface area contributed by atoms with Crippen LogP contribution in [0, 0.1) is 0 Å². The molecule has 0 aliphatic rings. The van der Waals surface area contributed by atoms with E-state index in [-0.39, 0.29) is 11.7 Å². The molecule has 0 saturated carbocycles. The second kappa shape index (κ2) is 7.24. The normalized spacial score (nSPS) is 11.0. The van der Waals surface area contributed by atoms with Gasteiger partial charge in [-0.1, -0.05) is 25.5 Å². The Balaban J connectivity index is 2.83. The first-order chi connectivity index (χ1) is 9.33. The van der Waals surface area contributed by atoms with E-state index in [1.807, 2.05) is 26.6 Å². The summed E-state index contributed by atoms with van der Waals surface area (Å²) >= 11 is 0. The first-order valence-electron chi connectivity index (χ1n) is 6.86. The van der Waals surface area contributed by atoms with Crippen LogP contribution in [-0.4, -0.2) is 20.3 Å². The molecule has 1 rings (SSSR count). The Labute approximate surface area is 121 Å². The first kappa shape index (κ1) is 16.4. The molecular formula is C15H22O4Si. The summed E-state index contributed by atoms with van der Waals surface area (Å²) in [4.78, 5) is 23.8. The van der Waals surface area contributed by atoms with Crippen LogP contribution in [0.25, 0.3) is 0 Å². The third kappa shape index (κ3) is 5.57. The minimum atomic E-state index is -1.98. The van der Waals surface area contributed by atoms with Crippen LogP contribution in [0.1, 0.15) is 36.5 Å². The lowest BCUT2D eigenvalue weighted by Gasteiger charge is -2.18. The predicted molar refractivity (Wildman–Crippen MR) is 80.4 cm³/mol. The molecule has 0 unspecified atom stereocenters. The minimum absolute atomic E-state index is 0.275. The number of hydrogen-bond acceptors (Lipinski definition) is 4. The van der Waals surface area contributed by atoms with Crippen molar-refractivity contribution in [2.24, 2.45) is 0 Å². The third-order valence-electron chi connectivity index (χ3n) is 2.46. The number of carbonyl (C=O) groups is 2. The SMILES string of the molecule is CCCCC(=O)Oc1ccccc1C(=O)O[Si](C)(C)C. The maximum Gasteiger partial charge on any atom is 0.328 e. The molecule has 0 fully saturated rings. The van der Waals surface area contributed by atoms with Gasteiger partial charge in [-0.25, -0.2) is 4.79 Å². The molecule has 0 amide bonds. The van der Waals surface area contributed by atoms with Crippen molar-refractivity contribution in [1.82, 2.24) is 0 Å². The van der Waals surface area contributed by atoms with Crippen LogP contribution < -0.4 is 4.74 Å². The van der Waals surface area contributed by atoms with E-state index in [0.29, 0.717) is 12.0 Å². The molecule has 0 spiro atoms. The van der Waals surface area contributed by atoms with Gasteiger partial charge in [-0.05, 0) is 38.2 Å². The van der Waals surface area contributed by atoms with Crippen LogP contribution in [0.3, 0.4) is 0 Å². The summed E-state index contributed by atoms with van der Waals surface area (Å²) in [6.45, 7) is 7.80. The minimum Gasteiger partial charge on any atom is -0.516 e. The molecule has 0 aromatic heterocycles. The Morgan fingerprint density at radius 2 is 1.80 bits per heavy atom. The first-order valence-corrected chi connectivity index (χ1v) is 10.3. The number of esters is 1. The largest absolute Gasteiger partial charge is 0.516 e. The van der Waals surface area contributed by atoms with Crippen molar-refractivity contribution in [2.75, 3.05) is 0 Å². The number of carbonyl (C=O) groups excluding carboxylic acids is 2. The van der Waals surface area contributed by atoms with Gasteiger partial charge in [0, 0.05) is 6.42 Å². The highest BCUT2D eigenvalue weighted by Crippen LogP contribution is 2.21. The molecule has 1 aromatic rings. The maximum absolute atomic E-state index is 12.1. The molecule has 20 heavy (non-hydrogen) atoms. The average Bonchev–Trinajstić information content (AvgIpc) is 2.35. The molecule has 0 heterocycles. The van der Waals surface area contributed by atoms with Gasteiger partial charge in [0.15, 0.2) is 0 Å². The van der Waals surface area contributed by atoms with Crippen LogP contribution in [0.5, 0.6) is 5.75 Å². The van der Waals surface area contributed by atoms with Crippen LogP contribution in [0.15, 0.2) is 24.3 Å². The topological polar surface area (TPSA) is 52.6 Å². The molecule has 0 atom stereocenters. The zero-order valence-electron chi connectivity index (χ0n) is 12.6. The van der Waals surface area contributed by atoms with E-state index in [0.717, 1.165) is 12.8 Å². The monoisotopic (exact) mass is 294 g/mol. The van der Waals surface area contributed by atoms with Crippen molar-refractivity contribution in [3.8, 4) is 5.75 Å². The van der Waals surface area contributed by atoms with Gasteiger partial charge in [-0.2, -0.15) is 0 Å². The van der Waals surface area contributed by atoms with E-state index >= 15 is 0 Å². The Kier molecular flexibility index (Phi) is 5.95. The summed E-state index contributed by atoms with van der Waals surface area (Å²) < 4.78 is 10.7. The van der Waals surface area contributed by atoms with E-state index in [9.17, 15) is 9.59 Å². The lowest BCUT2D eigenvalue weighted by molar-refractivity contribution is -0.134. The fourth-order valence-electron chi connectivity index (χ4n) is 1.55. The van der Waals surface area contributed by atoms with Crippen LogP contribution in [0.4, 0.5) is 0 Å². The number of benzene rings is 1. The molecule has 0 aliphatic heterocycles. The lowest BCUT2D eigenvalue weighted by atomic mass is 10.2. The Morgan fingerprint density at radius 1 is 1.15 bits per heavy atom. The van der Waals surface area contributed by atoms with E-state index < -0.39 is 14.3 Å². The molecular weight excluding hydrogens is 272 g/mol. The van der Waals surface area contributed by atoms with Gasteiger partial charge in [0.1, 0.15) is 11.3 Å². The summed E-state index contributed by atoms with van der Waals surface area (Å²) in [6, 6.07) is 6.69. The highest BCUT2D eigenvalue weighted by molar-refractivity contribution is 6.71. The second-order valence-electron chi connectivity index (χ2n) is 5.58. The van der Waals surface area contributed by atoms with Crippen molar-refractivity contribution in [1.29, 1.82) is 0 Å². The summed E-state index contributed by atoms with van der Waals surface area (Å²) in [5.41, 5.74) is 0.305. The van der Waals surface area contributed by atoms with E-state index in [2.05, 4.69) is 0 Å². The molecule has 0 saturated heterocycles. The Morgan fingerprint density at radius 3 is 2.40 bits per heavy atom. The highest BCUT2D eigenvalue weighted by Gasteiger charge is 2.23. The van der Waals surface area contributed by atoms with Gasteiger partial charge < -0.3 is 9.16 Å². The van der Waals surface area contributed by atoms with Gasteiger partial charge in [-0.15, -0.1) is 0 Å². The highest BCUT2D eigenvalue weighted by atomic mass is 28.4. The van der Waals surface area contributed by atoms with Crippen LogP contribution in [0.2, 0.25) is 19.6 Å². The van der Waals surface area contributed by atoms with Crippen molar-refractivity contribution in [2.45, 2.75) is 45.8 Å². The summed E-state index contributed by atoms with van der Waals surface area (Å²) in [6.07, 6.45) is 2.06. The van der Waals surface area contributed by atoms with E-state index in [1.165, 1.54) is 0 Å². The smallest absolute Gasteiger partial charge is 0.328 e. The number of unbranched alkanes of at least 4 members (excludes halogenated alkanes) is 1. The molecule has 0 N–H and O–H groups in total. The lowest BCUT2D eigenvalue weighted by Crippen LogP contribution is -2.29. The standard InChI is InChI=1S/C15H22O4Si/c1-5-6-11-14(16)18-13-10-8-7-9-12(13)15(17)19-20(2,3)4/h7-10H,5-6,11H2,1-4H3. The number of para-hydroxylation sites is 1. The Bertz CT molecular complexity index is 477. The molecule has 1 aromatic carbocycles. The number of hydrogen-bond donors (Lipinski definition) is 0. The molecule has 0 radical (unpaired) electrons. The van der Waals surface area contributed by atoms with Crippen molar-refractivity contribution < 1.29 is 18.8 Å². The average molecular weight is 294 g/mol. The molecule has 5 heteroatoms. The molecule has 4 nitrogen and oxygen atoms in total. The van der Waals surface area contributed by atoms with Gasteiger partial charge in [0.25, 0.3) is 0 Å². The fourth-order valence-corrected chi connectivity index (χ4v) is 2.22. The van der Waals surface area contributed by atoms with E-state index in [1.54, 1.807) is 24.3 Å². The molecule has 110 valence electrons. The summed E-state index contributed by atoms with van der Waals surface area (Å²) in [7, 11) is -1.98. The maximum atomic E-state index is 12.1. The third-order valence-corrected chi connectivity index (χ3v) is 3.26. The van der Waals surface area contributed by atoms with Gasteiger partial charge in [0.05, 0.1) is 0 Å². The zero-order valence-corrected chi connectivity index (χ0v) is 13.6. The van der Waals surface area contributed by atoms with Gasteiger partial charge >= 0.3 is 11.9 Å². The summed E-state index contributed by atoms with van der Waals surface area (Å²) in [5, 5.41) is 0. The molecule has 0 bridgehead atoms. The van der Waals surface area contributed by atoms with Gasteiger partial charge in [-0.3, -0.25) is 4.79 Å². The molecule has 0 aliphatic carbocycles. The van der Waals surface area contributed by atoms with Crippen molar-refractivity contribution in [3.63, 3.8) is 0 Å². The van der Waals surface area contributed by atoms with Crippen LogP contribution in [-0.2, 0) is 9.22 Å². The van der Waals surface area contributed by atoms with Crippen molar-refractivity contribution in [3.05, 3.63) is 29.8 Å². The number of ether oxygens (including phenoxy) is 1. The van der Waals surface area contributed by atoms with Gasteiger partial charge in [0.2, 0.25) is 8.32 Å². The summed E-state index contributed by atoms with van der Waals surface area (Å²) in [5.74, 6) is -0.472. The predicted octanol–water partition coefficient (Wildman–Crippen LogP) is 3.77. The van der Waals surface area contributed by atoms with Crippen LogP contribution >= 0.6 is 0 Å². The van der Waals surface area contributed by atoms with Crippen molar-refractivity contribution >= 4 is 20.3 Å². The quantitative estimate of drug-likeness (QED) is 0.455. The Hall–Kier alpha value is -1.62.